The maximum absolute atomic E-state index is 5.50. The summed E-state index contributed by atoms with van der Waals surface area (Å²) >= 11 is 3.37. The lowest BCUT2D eigenvalue weighted by Crippen LogP contribution is -2.03. The van der Waals surface area contributed by atoms with Gasteiger partial charge >= 0.3 is 0 Å². The second kappa shape index (κ2) is 7.86. The first-order valence-corrected chi connectivity index (χ1v) is 5.86. The molecule has 0 heterocycles. The lowest BCUT2D eigenvalue weighted by Gasteiger charge is -2.07. The predicted molar refractivity (Wildman–Crippen MR) is 65.8 cm³/mol. The normalized spacial score (nSPS) is 9.29. The van der Waals surface area contributed by atoms with Crippen LogP contribution in [-0.2, 0) is 0 Å². The number of ether oxygens (including phenoxy) is 1. The van der Waals surface area contributed by atoms with E-state index in [1.54, 1.807) is 0 Å². The van der Waals surface area contributed by atoms with Gasteiger partial charge in [-0.15, -0.1) is 0 Å². The molecule has 0 aromatic heterocycles. The average Bonchev–Trinajstić information content (AvgIpc) is 2.20. The highest BCUT2D eigenvalue weighted by Crippen LogP contribution is 2.16. The zero-order valence-electron chi connectivity index (χ0n) is 9.38. The van der Waals surface area contributed by atoms with Gasteiger partial charge in [-0.25, -0.2) is 0 Å². The molecule has 0 bridgehead atoms. The van der Waals surface area contributed by atoms with E-state index in [2.05, 4.69) is 29.8 Å². The van der Waals surface area contributed by atoms with Crippen LogP contribution in [0.4, 0.5) is 0 Å². The van der Waals surface area contributed by atoms with Crippen LogP contribution < -0.4 is 4.74 Å². The fourth-order valence-electron chi connectivity index (χ4n) is 0.794. The Kier molecular flexibility index (Phi) is 7.58. The molecule has 1 nitrogen and oxygen atoms in total. The van der Waals surface area contributed by atoms with E-state index in [4.69, 9.17) is 4.74 Å². The first-order valence-electron chi connectivity index (χ1n) is 5.07. The standard InChI is InChI=1S/C10H13BrO.C2H6/c1-8(2)7-12-10-5-3-9(11)4-6-10;1-2/h3-6,8H,7H2,1-2H3;1-2H3. The van der Waals surface area contributed by atoms with Gasteiger partial charge < -0.3 is 4.74 Å². The van der Waals surface area contributed by atoms with Crippen molar-refractivity contribution in [2.24, 2.45) is 5.92 Å². The minimum Gasteiger partial charge on any atom is -0.493 e. The van der Waals surface area contributed by atoms with Crippen LogP contribution >= 0.6 is 15.9 Å². The number of halogens is 1. The number of hydrogen-bond donors (Lipinski definition) is 0. The maximum atomic E-state index is 5.50. The lowest BCUT2D eigenvalue weighted by molar-refractivity contribution is 0.271. The summed E-state index contributed by atoms with van der Waals surface area (Å²) in [5.41, 5.74) is 0. The third-order valence-corrected chi connectivity index (χ3v) is 1.93. The molecule has 1 rings (SSSR count). The zero-order valence-corrected chi connectivity index (χ0v) is 11.0. The summed E-state index contributed by atoms with van der Waals surface area (Å²) < 4.78 is 6.58. The molecule has 0 saturated carbocycles. The molecule has 1 aromatic carbocycles. The zero-order chi connectivity index (χ0) is 11.0. The Morgan fingerprint density at radius 2 is 1.64 bits per heavy atom. The van der Waals surface area contributed by atoms with Crippen LogP contribution in [0.15, 0.2) is 28.7 Å². The molecule has 0 aliphatic heterocycles. The van der Waals surface area contributed by atoms with Crippen molar-refractivity contribution in [2.75, 3.05) is 6.61 Å². The Morgan fingerprint density at radius 1 is 1.14 bits per heavy atom. The molecule has 14 heavy (non-hydrogen) atoms. The molecule has 0 unspecified atom stereocenters. The minimum absolute atomic E-state index is 0.577. The minimum atomic E-state index is 0.577. The summed E-state index contributed by atoms with van der Waals surface area (Å²) in [5, 5.41) is 0. The Bertz CT molecular complexity index is 229. The molecule has 0 atom stereocenters. The summed E-state index contributed by atoms with van der Waals surface area (Å²) in [7, 11) is 0. The Morgan fingerprint density at radius 3 is 2.07 bits per heavy atom. The van der Waals surface area contributed by atoms with Gasteiger partial charge in [0.25, 0.3) is 0 Å². The van der Waals surface area contributed by atoms with Crippen LogP contribution in [0.5, 0.6) is 5.75 Å². The van der Waals surface area contributed by atoms with Crippen molar-refractivity contribution >= 4 is 15.9 Å². The average molecular weight is 259 g/mol. The SMILES string of the molecule is CC.CC(C)COc1ccc(Br)cc1. The Labute approximate surface area is 95.6 Å². The van der Waals surface area contributed by atoms with Crippen molar-refractivity contribution in [3.8, 4) is 5.75 Å². The third kappa shape index (κ3) is 6.03. The van der Waals surface area contributed by atoms with Crippen molar-refractivity contribution in [3.05, 3.63) is 28.7 Å². The monoisotopic (exact) mass is 258 g/mol. The van der Waals surface area contributed by atoms with Crippen LogP contribution in [0.1, 0.15) is 27.7 Å². The maximum Gasteiger partial charge on any atom is 0.119 e. The number of benzene rings is 1. The molecule has 0 radical (unpaired) electrons. The van der Waals surface area contributed by atoms with Gasteiger partial charge in [-0.05, 0) is 30.2 Å². The van der Waals surface area contributed by atoms with Gasteiger partial charge in [0.2, 0.25) is 0 Å². The molecule has 0 aliphatic carbocycles. The summed E-state index contributed by atoms with van der Waals surface area (Å²) in [5.74, 6) is 1.51. The van der Waals surface area contributed by atoms with Gasteiger partial charge in [-0.1, -0.05) is 43.6 Å². The van der Waals surface area contributed by atoms with E-state index in [1.807, 2.05) is 38.1 Å². The molecule has 0 N–H and O–H groups in total. The van der Waals surface area contributed by atoms with Crippen molar-refractivity contribution in [2.45, 2.75) is 27.7 Å². The highest BCUT2D eigenvalue weighted by atomic mass is 79.9. The van der Waals surface area contributed by atoms with E-state index in [0.717, 1.165) is 16.8 Å². The molecule has 0 fully saturated rings. The van der Waals surface area contributed by atoms with E-state index in [0.29, 0.717) is 5.92 Å². The largest absolute Gasteiger partial charge is 0.493 e. The van der Waals surface area contributed by atoms with Gasteiger partial charge in [0, 0.05) is 4.47 Å². The van der Waals surface area contributed by atoms with Crippen molar-refractivity contribution in [1.82, 2.24) is 0 Å². The van der Waals surface area contributed by atoms with Crippen molar-refractivity contribution in [3.63, 3.8) is 0 Å². The summed E-state index contributed by atoms with van der Waals surface area (Å²) in [6.07, 6.45) is 0. The quantitative estimate of drug-likeness (QED) is 0.776. The van der Waals surface area contributed by atoms with Crippen molar-refractivity contribution < 1.29 is 4.74 Å². The summed E-state index contributed by atoms with van der Waals surface area (Å²) in [4.78, 5) is 0. The van der Waals surface area contributed by atoms with Gasteiger partial charge in [0.05, 0.1) is 6.61 Å². The van der Waals surface area contributed by atoms with Crippen molar-refractivity contribution in [1.29, 1.82) is 0 Å². The Hall–Kier alpha value is -0.500. The highest BCUT2D eigenvalue weighted by Gasteiger charge is 1.95. The van der Waals surface area contributed by atoms with Crippen LogP contribution in [0.3, 0.4) is 0 Å². The first-order chi connectivity index (χ1) is 6.68. The molecule has 0 amide bonds. The second-order valence-electron chi connectivity index (χ2n) is 3.16. The van der Waals surface area contributed by atoms with Crippen LogP contribution in [0.25, 0.3) is 0 Å². The van der Waals surface area contributed by atoms with Crippen LogP contribution in [0, 0.1) is 5.92 Å². The van der Waals surface area contributed by atoms with E-state index in [1.165, 1.54) is 0 Å². The molecular weight excluding hydrogens is 240 g/mol. The fourth-order valence-corrected chi connectivity index (χ4v) is 1.06. The number of hydrogen-bond acceptors (Lipinski definition) is 1. The summed E-state index contributed by atoms with van der Waals surface area (Å²) in [6, 6.07) is 7.89. The van der Waals surface area contributed by atoms with E-state index in [9.17, 15) is 0 Å². The van der Waals surface area contributed by atoms with E-state index < -0.39 is 0 Å². The molecule has 0 saturated heterocycles. The van der Waals surface area contributed by atoms with E-state index in [-0.39, 0.29) is 0 Å². The van der Waals surface area contributed by atoms with Crippen LogP contribution in [0.2, 0.25) is 0 Å². The molecule has 0 aliphatic rings. The molecular formula is C12H19BrO. The molecule has 1 aromatic rings. The number of rotatable bonds is 3. The van der Waals surface area contributed by atoms with Crippen LogP contribution in [-0.4, -0.2) is 6.61 Å². The van der Waals surface area contributed by atoms with Gasteiger partial charge in [0.15, 0.2) is 0 Å². The van der Waals surface area contributed by atoms with Gasteiger partial charge in [-0.3, -0.25) is 0 Å². The molecule has 0 spiro atoms. The smallest absolute Gasteiger partial charge is 0.119 e. The topological polar surface area (TPSA) is 9.23 Å². The van der Waals surface area contributed by atoms with E-state index >= 15 is 0 Å². The Balaban J connectivity index is 0.000000791. The van der Waals surface area contributed by atoms with Gasteiger partial charge in [-0.2, -0.15) is 0 Å². The lowest BCUT2D eigenvalue weighted by atomic mass is 10.2. The highest BCUT2D eigenvalue weighted by molar-refractivity contribution is 9.10. The molecule has 2 heteroatoms. The van der Waals surface area contributed by atoms with Gasteiger partial charge in [0.1, 0.15) is 5.75 Å². The first kappa shape index (κ1) is 13.5. The fraction of sp³-hybridized carbons (Fsp3) is 0.500. The predicted octanol–water partition coefficient (Wildman–Crippen LogP) is 4.51. The second-order valence-corrected chi connectivity index (χ2v) is 4.07. The third-order valence-electron chi connectivity index (χ3n) is 1.40. The molecule has 80 valence electrons. The summed E-state index contributed by atoms with van der Waals surface area (Å²) in [6.45, 7) is 9.05.